The average Bonchev–Trinajstić information content (AvgIpc) is 3.17. The highest BCUT2D eigenvalue weighted by atomic mass is 19.4. The van der Waals surface area contributed by atoms with Crippen molar-refractivity contribution >= 4 is 11.6 Å². The third kappa shape index (κ3) is 3.25. The topological polar surface area (TPSA) is 94.0 Å². The first-order valence-electron chi connectivity index (χ1n) is 7.40. The summed E-state index contributed by atoms with van der Waals surface area (Å²) in [4.78, 5) is 15.5. The first-order chi connectivity index (χ1) is 11.3. The van der Waals surface area contributed by atoms with E-state index in [4.69, 9.17) is 5.73 Å². The van der Waals surface area contributed by atoms with Gasteiger partial charge in [0.05, 0.1) is 5.54 Å². The second-order valence-electron chi connectivity index (χ2n) is 5.82. The number of nitrogens with one attached hydrogen (secondary N) is 1. The lowest BCUT2D eigenvalue weighted by atomic mass is 9.98. The fourth-order valence-corrected chi connectivity index (χ4v) is 2.65. The molecule has 24 heavy (non-hydrogen) atoms. The van der Waals surface area contributed by atoms with Gasteiger partial charge in [-0.05, 0) is 37.1 Å². The van der Waals surface area contributed by atoms with Crippen LogP contribution in [0.25, 0.3) is 11.4 Å². The monoisotopic (exact) mass is 340 g/mol. The highest BCUT2D eigenvalue weighted by Gasteiger charge is 2.39. The molecule has 0 unspecified atom stereocenters. The van der Waals surface area contributed by atoms with Gasteiger partial charge in [0.1, 0.15) is 0 Å². The molecule has 0 atom stereocenters. The minimum Gasteiger partial charge on any atom is -0.329 e. The number of benzene rings is 1. The zero-order valence-electron chi connectivity index (χ0n) is 12.6. The minimum atomic E-state index is -4.68. The molecule has 1 fully saturated rings. The molecule has 128 valence electrons. The molecule has 3 rings (SSSR count). The van der Waals surface area contributed by atoms with E-state index in [1.54, 1.807) is 12.1 Å². The number of carbonyl (C=O) groups excluding carboxylic acids is 1. The van der Waals surface area contributed by atoms with E-state index >= 15 is 0 Å². The van der Waals surface area contributed by atoms with E-state index in [1.165, 1.54) is 12.1 Å². The number of amides is 1. The van der Waals surface area contributed by atoms with Crippen molar-refractivity contribution in [3.05, 3.63) is 30.2 Å². The lowest BCUT2D eigenvalue weighted by molar-refractivity contribution is -0.159. The van der Waals surface area contributed by atoms with Gasteiger partial charge in [-0.1, -0.05) is 18.0 Å². The smallest absolute Gasteiger partial charge is 0.329 e. The molecular formula is C15H15F3N4O2. The Hall–Kier alpha value is -2.42. The van der Waals surface area contributed by atoms with E-state index in [1.807, 2.05) is 0 Å². The minimum absolute atomic E-state index is 0.175. The van der Waals surface area contributed by atoms with Crippen molar-refractivity contribution in [1.29, 1.82) is 0 Å². The highest BCUT2D eigenvalue weighted by molar-refractivity contribution is 5.98. The standard InChI is InChI=1S/C15H15F3N4O2/c16-15(17,18)13-21-11(22-24-13)9-3-5-10(6-4-9)20-12(23)14(19)7-1-2-8-14/h3-6H,1-2,7-8,19H2,(H,20,23). The SMILES string of the molecule is NC1(C(=O)Nc2ccc(-c3noc(C(F)(F)F)n3)cc2)CCCC1. The molecule has 1 heterocycles. The molecule has 1 aromatic heterocycles. The molecule has 0 spiro atoms. The van der Waals surface area contributed by atoms with Crippen molar-refractivity contribution in [2.24, 2.45) is 5.73 Å². The van der Waals surface area contributed by atoms with Crippen LogP contribution in [0.1, 0.15) is 31.6 Å². The van der Waals surface area contributed by atoms with E-state index in [9.17, 15) is 18.0 Å². The Morgan fingerprint density at radius 3 is 2.38 bits per heavy atom. The molecule has 3 N–H and O–H groups in total. The number of anilines is 1. The van der Waals surface area contributed by atoms with Crippen LogP contribution in [0.2, 0.25) is 0 Å². The number of hydrogen-bond donors (Lipinski definition) is 2. The lowest BCUT2D eigenvalue weighted by Crippen LogP contribution is -2.48. The summed E-state index contributed by atoms with van der Waals surface area (Å²) in [6.07, 6.45) is -1.57. The van der Waals surface area contributed by atoms with Crippen molar-refractivity contribution in [3.63, 3.8) is 0 Å². The second kappa shape index (κ2) is 5.90. The van der Waals surface area contributed by atoms with E-state index < -0.39 is 17.6 Å². The quantitative estimate of drug-likeness (QED) is 0.896. The largest absolute Gasteiger partial charge is 0.471 e. The predicted octanol–water partition coefficient (Wildman–Crippen LogP) is 2.97. The number of hydrogen-bond acceptors (Lipinski definition) is 5. The number of carbonyl (C=O) groups is 1. The van der Waals surface area contributed by atoms with Crippen LogP contribution in [-0.2, 0) is 11.0 Å². The summed E-state index contributed by atoms with van der Waals surface area (Å²) in [5.74, 6) is -1.83. The summed E-state index contributed by atoms with van der Waals surface area (Å²) in [6, 6.07) is 6.10. The fourth-order valence-electron chi connectivity index (χ4n) is 2.65. The Bertz CT molecular complexity index is 734. The molecule has 0 radical (unpaired) electrons. The summed E-state index contributed by atoms with van der Waals surface area (Å²) in [5, 5.41) is 6.03. The first-order valence-corrected chi connectivity index (χ1v) is 7.40. The molecule has 1 aliphatic carbocycles. The molecule has 2 aromatic rings. The number of nitrogens with two attached hydrogens (primary N) is 1. The number of alkyl halides is 3. The van der Waals surface area contributed by atoms with Gasteiger partial charge in [-0.2, -0.15) is 18.2 Å². The molecule has 1 aliphatic rings. The molecule has 0 aliphatic heterocycles. The molecule has 9 heteroatoms. The molecule has 6 nitrogen and oxygen atoms in total. The Morgan fingerprint density at radius 1 is 1.21 bits per heavy atom. The van der Waals surface area contributed by atoms with Crippen LogP contribution >= 0.6 is 0 Å². The number of nitrogens with zero attached hydrogens (tertiary/aromatic N) is 2. The van der Waals surface area contributed by atoms with Crippen molar-refractivity contribution in [1.82, 2.24) is 10.1 Å². The maximum absolute atomic E-state index is 12.5. The Labute approximate surface area is 135 Å². The summed E-state index contributed by atoms with van der Waals surface area (Å²) in [6.45, 7) is 0. The van der Waals surface area contributed by atoms with Crippen LogP contribution < -0.4 is 11.1 Å². The fraction of sp³-hybridized carbons (Fsp3) is 0.400. The molecule has 1 saturated carbocycles. The Morgan fingerprint density at radius 2 is 1.83 bits per heavy atom. The predicted molar refractivity (Wildman–Crippen MR) is 78.8 cm³/mol. The van der Waals surface area contributed by atoms with Gasteiger partial charge in [-0.15, -0.1) is 0 Å². The summed E-state index contributed by atoms with van der Waals surface area (Å²) < 4.78 is 41.5. The normalized spacial score (nSPS) is 17.0. The van der Waals surface area contributed by atoms with Crippen molar-refractivity contribution < 1.29 is 22.5 Å². The molecule has 1 amide bonds. The van der Waals surface area contributed by atoms with E-state index in [-0.39, 0.29) is 11.7 Å². The van der Waals surface area contributed by atoms with Gasteiger partial charge in [0.2, 0.25) is 11.7 Å². The first kappa shape index (κ1) is 16.4. The van der Waals surface area contributed by atoms with Gasteiger partial charge in [0.15, 0.2) is 0 Å². The van der Waals surface area contributed by atoms with Crippen LogP contribution in [-0.4, -0.2) is 21.6 Å². The molecule has 0 bridgehead atoms. The molecule has 0 saturated heterocycles. The van der Waals surface area contributed by atoms with Gasteiger partial charge in [-0.25, -0.2) is 0 Å². The van der Waals surface area contributed by atoms with Crippen LogP contribution in [0.3, 0.4) is 0 Å². The third-order valence-corrected chi connectivity index (χ3v) is 4.02. The van der Waals surface area contributed by atoms with E-state index in [0.717, 1.165) is 12.8 Å². The zero-order chi connectivity index (χ0) is 17.4. The van der Waals surface area contributed by atoms with E-state index in [0.29, 0.717) is 24.1 Å². The summed E-state index contributed by atoms with van der Waals surface area (Å²) >= 11 is 0. The van der Waals surface area contributed by atoms with Crippen LogP contribution in [0.5, 0.6) is 0 Å². The van der Waals surface area contributed by atoms with Crippen LogP contribution in [0, 0.1) is 0 Å². The second-order valence-corrected chi connectivity index (χ2v) is 5.82. The third-order valence-electron chi connectivity index (χ3n) is 4.02. The van der Waals surface area contributed by atoms with Crippen LogP contribution in [0.4, 0.5) is 18.9 Å². The average molecular weight is 340 g/mol. The lowest BCUT2D eigenvalue weighted by Gasteiger charge is -2.22. The van der Waals surface area contributed by atoms with Gasteiger partial charge < -0.3 is 15.6 Å². The van der Waals surface area contributed by atoms with Gasteiger partial charge >= 0.3 is 12.1 Å². The molecular weight excluding hydrogens is 325 g/mol. The van der Waals surface area contributed by atoms with E-state index in [2.05, 4.69) is 20.0 Å². The maximum atomic E-state index is 12.5. The zero-order valence-corrected chi connectivity index (χ0v) is 12.6. The van der Waals surface area contributed by atoms with Crippen molar-refractivity contribution in [3.8, 4) is 11.4 Å². The van der Waals surface area contributed by atoms with Gasteiger partial charge in [0, 0.05) is 11.3 Å². The van der Waals surface area contributed by atoms with Crippen LogP contribution in [0.15, 0.2) is 28.8 Å². The van der Waals surface area contributed by atoms with Gasteiger partial charge in [0.25, 0.3) is 0 Å². The summed E-state index contributed by atoms with van der Waals surface area (Å²) in [7, 11) is 0. The molecule has 1 aromatic carbocycles. The van der Waals surface area contributed by atoms with Crippen molar-refractivity contribution in [2.75, 3.05) is 5.32 Å². The number of halogens is 3. The van der Waals surface area contributed by atoms with Gasteiger partial charge in [-0.3, -0.25) is 4.79 Å². The van der Waals surface area contributed by atoms with Crippen molar-refractivity contribution in [2.45, 2.75) is 37.4 Å². The summed E-state index contributed by atoms with van der Waals surface area (Å²) in [5.41, 5.74) is 6.05. The Kier molecular flexibility index (Phi) is 4.04. The number of aromatic nitrogens is 2. The highest BCUT2D eigenvalue weighted by Crippen LogP contribution is 2.30. The number of rotatable bonds is 3. The maximum Gasteiger partial charge on any atom is 0.471 e. The Balaban J connectivity index is 1.71.